The van der Waals surface area contributed by atoms with Crippen molar-refractivity contribution in [2.45, 2.75) is 13.0 Å². The second-order valence-electron chi connectivity index (χ2n) is 5.95. The van der Waals surface area contributed by atoms with Gasteiger partial charge in [-0.3, -0.25) is 4.99 Å². The number of benzene rings is 1. The third-order valence-corrected chi connectivity index (χ3v) is 5.18. The van der Waals surface area contributed by atoms with Crippen molar-refractivity contribution in [3.63, 3.8) is 0 Å². The maximum Gasteiger partial charge on any atom is 0.191 e. The lowest BCUT2D eigenvalue weighted by molar-refractivity contribution is 0.122. The van der Waals surface area contributed by atoms with Crippen LogP contribution in [-0.4, -0.2) is 45.9 Å². The first-order valence-corrected chi connectivity index (χ1v) is 9.61. The number of aliphatic imine (C=N–C) groups is 1. The zero-order valence-corrected chi connectivity index (χ0v) is 18.3. The molecule has 0 aliphatic carbocycles. The molecule has 7 heteroatoms. The van der Waals surface area contributed by atoms with E-state index in [2.05, 4.69) is 62.3 Å². The predicted molar refractivity (Wildman–Crippen MR) is 121 cm³/mol. The number of hydrogen-bond donors (Lipinski definition) is 2. The highest BCUT2D eigenvalue weighted by atomic mass is 127. The van der Waals surface area contributed by atoms with E-state index in [4.69, 9.17) is 4.74 Å². The van der Waals surface area contributed by atoms with E-state index in [1.54, 1.807) is 11.3 Å². The number of nitrogens with one attached hydrogen (secondary N) is 2. The molecular weight excluding hydrogens is 459 g/mol. The van der Waals surface area contributed by atoms with E-state index < -0.39 is 0 Å². The lowest BCUT2D eigenvalue weighted by Crippen LogP contribution is -2.38. The summed E-state index contributed by atoms with van der Waals surface area (Å²) >= 11 is 1.79. The van der Waals surface area contributed by atoms with E-state index in [9.17, 15) is 0 Å². The van der Waals surface area contributed by atoms with Gasteiger partial charge in [0.2, 0.25) is 0 Å². The van der Waals surface area contributed by atoms with E-state index in [1.807, 2.05) is 7.05 Å². The summed E-state index contributed by atoms with van der Waals surface area (Å²) in [5.41, 5.74) is 2.52. The van der Waals surface area contributed by atoms with E-state index >= 15 is 0 Å². The SMILES string of the molecule is CN=C(NCCc1cccs1)NCc1ccc(N2CCOCC2)cc1.I. The zero-order chi connectivity index (χ0) is 17.3. The quantitative estimate of drug-likeness (QED) is 0.375. The Bertz CT molecular complexity index is 655. The van der Waals surface area contributed by atoms with Crippen molar-refractivity contribution in [2.24, 2.45) is 4.99 Å². The predicted octanol–water partition coefficient (Wildman–Crippen LogP) is 3.11. The standard InChI is InChI=1S/C19H26N4OS.HI/c1-20-19(21-9-8-18-3-2-14-25-18)22-15-16-4-6-17(7-5-16)23-10-12-24-13-11-23;/h2-7,14H,8-13,15H2,1H3,(H2,20,21,22);1H. The molecule has 142 valence electrons. The van der Waals surface area contributed by atoms with Gasteiger partial charge in [0.15, 0.2) is 5.96 Å². The fourth-order valence-electron chi connectivity index (χ4n) is 2.81. The van der Waals surface area contributed by atoms with Crippen molar-refractivity contribution >= 4 is 47.0 Å². The van der Waals surface area contributed by atoms with E-state index in [0.717, 1.165) is 51.8 Å². The van der Waals surface area contributed by atoms with Crippen LogP contribution in [0.5, 0.6) is 0 Å². The van der Waals surface area contributed by atoms with Gasteiger partial charge in [-0.15, -0.1) is 35.3 Å². The molecule has 3 rings (SSSR count). The van der Waals surface area contributed by atoms with E-state index in [-0.39, 0.29) is 24.0 Å². The highest BCUT2D eigenvalue weighted by Crippen LogP contribution is 2.16. The lowest BCUT2D eigenvalue weighted by atomic mass is 10.2. The fourth-order valence-corrected chi connectivity index (χ4v) is 3.52. The molecule has 0 unspecified atom stereocenters. The molecule has 0 bridgehead atoms. The summed E-state index contributed by atoms with van der Waals surface area (Å²) in [6.07, 6.45) is 1.02. The Hall–Kier alpha value is -1.32. The van der Waals surface area contributed by atoms with Crippen molar-refractivity contribution in [3.8, 4) is 0 Å². The average molecular weight is 486 g/mol. The average Bonchev–Trinajstić information content (AvgIpc) is 3.19. The number of nitrogens with zero attached hydrogens (tertiary/aromatic N) is 2. The molecule has 0 amide bonds. The Balaban J connectivity index is 0.00000243. The van der Waals surface area contributed by atoms with E-state index in [0.29, 0.717) is 0 Å². The number of halogens is 1. The molecule has 2 N–H and O–H groups in total. The largest absolute Gasteiger partial charge is 0.378 e. The summed E-state index contributed by atoms with van der Waals surface area (Å²) in [6.45, 7) is 5.22. The lowest BCUT2D eigenvalue weighted by Gasteiger charge is -2.28. The molecule has 0 atom stereocenters. The Morgan fingerprint density at radius 2 is 1.92 bits per heavy atom. The Kier molecular flexibility index (Phi) is 9.21. The van der Waals surface area contributed by atoms with Crippen molar-refractivity contribution in [1.82, 2.24) is 10.6 Å². The first-order chi connectivity index (χ1) is 12.3. The minimum atomic E-state index is 0. The van der Waals surface area contributed by atoms with E-state index in [1.165, 1.54) is 16.1 Å². The summed E-state index contributed by atoms with van der Waals surface area (Å²) in [5.74, 6) is 0.841. The highest BCUT2D eigenvalue weighted by molar-refractivity contribution is 14.0. The molecule has 2 heterocycles. The molecule has 2 aromatic rings. The molecule has 5 nitrogen and oxygen atoms in total. The van der Waals surface area contributed by atoms with Crippen LogP contribution >= 0.6 is 35.3 Å². The Morgan fingerprint density at radius 3 is 2.58 bits per heavy atom. The van der Waals surface area contributed by atoms with Gasteiger partial charge in [0.1, 0.15) is 0 Å². The Labute approximate surface area is 176 Å². The van der Waals surface area contributed by atoms with Gasteiger partial charge in [0, 0.05) is 43.8 Å². The third kappa shape index (κ3) is 6.44. The molecule has 1 aliphatic heterocycles. The van der Waals surface area contributed by atoms with Gasteiger partial charge in [-0.25, -0.2) is 0 Å². The van der Waals surface area contributed by atoms with Crippen LogP contribution in [0, 0.1) is 0 Å². The molecule has 0 radical (unpaired) electrons. The van der Waals surface area contributed by atoms with Crippen molar-refractivity contribution in [2.75, 3.05) is 44.8 Å². The number of morpholine rings is 1. The molecule has 1 fully saturated rings. The normalized spacial score (nSPS) is 14.7. The van der Waals surface area contributed by atoms with Crippen LogP contribution in [0.1, 0.15) is 10.4 Å². The number of thiophene rings is 1. The fraction of sp³-hybridized carbons (Fsp3) is 0.421. The highest BCUT2D eigenvalue weighted by Gasteiger charge is 2.10. The minimum absolute atomic E-state index is 0. The van der Waals surface area contributed by atoms with Gasteiger partial charge in [0.05, 0.1) is 13.2 Å². The third-order valence-electron chi connectivity index (χ3n) is 4.24. The molecular formula is C19H27IN4OS. The second kappa shape index (κ2) is 11.4. The number of guanidine groups is 1. The van der Waals surface area contributed by atoms with Gasteiger partial charge in [-0.2, -0.15) is 0 Å². The van der Waals surface area contributed by atoms with Crippen LogP contribution in [0.15, 0.2) is 46.8 Å². The first kappa shape index (κ1) is 21.0. The van der Waals surface area contributed by atoms with Crippen LogP contribution in [0.25, 0.3) is 0 Å². The number of hydrogen-bond acceptors (Lipinski definition) is 4. The molecule has 1 aromatic carbocycles. The van der Waals surface area contributed by atoms with Crippen molar-refractivity contribution in [3.05, 3.63) is 52.2 Å². The summed E-state index contributed by atoms with van der Waals surface area (Å²) < 4.78 is 5.41. The number of anilines is 1. The van der Waals surface area contributed by atoms with Gasteiger partial charge < -0.3 is 20.3 Å². The maximum atomic E-state index is 5.41. The topological polar surface area (TPSA) is 48.9 Å². The zero-order valence-electron chi connectivity index (χ0n) is 15.1. The van der Waals surface area contributed by atoms with Gasteiger partial charge in [0.25, 0.3) is 0 Å². The van der Waals surface area contributed by atoms with Crippen LogP contribution in [0.4, 0.5) is 5.69 Å². The summed E-state index contributed by atoms with van der Waals surface area (Å²) in [4.78, 5) is 8.05. The van der Waals surface area contributed by atoms with Crippen LogP contribution < -0.4 is 15.5 Å². The van der Waals surface area contributed by atoms with Crippen molar-refractivity contribution in [1.29, 1.82) is 0 Å². The van der Waals surface area contributed by atoms with Crippen LogP contribution in [-0.2, 0) is 17.7 Å². The number of rotatable bonds is 6. The molecule has 1 aliphatic rings. The summed E-state index contributed by atoms with van der Waals surface area (Å²) in [5, 5.41) is 8.85. The summed E-state index contributed by atoms with van der Waals surface area (Å²) in [6, 6.07) is 13.0. The molecule has 0 spiro atoms. The monoisotopic (exact) mass is 486 g/mol. The number of ether oxygens (including phenoxy) is 1. The van der Waals surface area contributed by atoms with Crippen LogP contribution in [0.2, 0.25) is 0 Å². The maximum absolute atomic E-state index is 5.41. The van der Waals surface area contributed by atoms with Crippen LogP contribution in [0.3, 0.4) is 0 Å². The molecule has 1 saturated heterocycles. The van der Waals surface area contributed by atoms with Gasteiger partial charge in [-0.1, -0.05) is 18.2 Å². The smallest absolute Gasteiger partial charge is 0.191 e. The van der Waals surface area contributed by atoms with Gasteiger partial charge >= 0.3 is 0 Å². The molecule has 26 heavy (non-hydrogen) atoms. The van der Waals surface area contributed by atoms with Gasteiger partial charge in [-0.05, 0) is 35.6 Å². The summed E-state index contributed by atoms with van der Waals surface area (Å²) in [7, 11) is 1.81. The first-order valence-electron chi connectivity index (χ1n) is 8.73. The Morgan fingerprint density at radius 1 is 1.15 bits per heavy atom. The molecule has 0 saturated carbocycles. The van der Waals surface area contributed by atoms with Crippen molar-refractivity contribution < 1.29 is 4.74 Å². The minimum Gasteiger partial charge on any atom is -0.378 e. The second-order valence-corrected chi connectivity index (χ2v) is 6.98. The molecule has 1 aromatic heterocycles.